The number of halogens is 4. The molecule has 0 saturated carbocycles. The SMILES string of the molecule is Cc1c(C(=O)c2ccc(Cl)cc2Cl)sc2nc3cc(F)c(F)cc3n12. The van der Waals surface area contributed by atoms with E-state index < -0.39 is 11.6 Å². The van der Waals surface area contributed by atoms with Gasteiger partial charge < -0.3 is 0 Å². The molecule has 2 aromatic heterocycles. The summed E-state index contributed by atoms with van der Waals surface area (Å²) in [6, 6.07) is 6.76. The second-order valence-electron chi connectivity index (χ2n) is 5.45. The van der Waals surface area contributed by atoms with Gasteiger partial charge in [-0.25, -0.2) is 13.8 Å². The summed E-state index contributed by atoms with van der Waals surface area (Å²) in [5.74, 6) is -2.20. The second-order valence-corrected chi connectivity index (χ2v) is 7.28. The van der Waals surface area contributed by atoms with Gasteiger partial charge in [0, 0.05) is 28.4 Å². The van der Waals surface area contributed by atoms with E-state index in [1.165, 1.54) is 6.07 Å². The Kier molecular flexibility index (Phi) is 3.79. The lowest BCUT2D eigenvalue weighted by Crippen LogP contribution is -2.03. The van der Waals surface area contributed by atoms with Gasteiger partial charge in [-0.2, -0.15) is 0 Å². The Balaban J connectivity index is 1.92. The zero-order chi connectivity index (χ0) is 17.9. The highest BCUT2D eigenvalue weighted by Gasteiger charge is 2.22. The molecule has 0 saturated heterocycles. The first-order chi connectivity index (χ1) is 11.9. The average molecular weight is 397 g/mol. The Hall–Kier alpha value is -2.02. The molecule has 0 unspecified atom stereocenters. The number of aromatic nitrogens is 2. The van der Waals surface area contributed by atoms with Crippen LogP contribution in [-0.4, -0.2) is 15.2 Å². The van der Waals surface area contributed by atoms with Crippen LogP contribution in [0.3, 0.4) is 0 Å². The predicted octanol–water partition coefficient (Wildman–Crippen LogP) is 5.67. The van der Waals surface area contributed by atoms with Crippen molar-refractivity contribution in [3.05, 3.63) is 68.1 Å². The van der Waals surface area contributed by atoms with E-state index in [-0.39, 0.29) is 10.8 Å². The summed E-state index contributed by atoms with van der Waals surface area (Å²) in [6.07, 6.45) is 0. The topological polar surface area (TPSA) is 34.4 Å². The van der Waals surface area contributed by atoms with Crippen molar-refractivity contribution in [2.75, 3.05) is 0 Å². The molecule has 0 N–H and O–H groups in total. The summed E-state index contributed by atoms with van der Waals surface area (Å²) >= 11 is 13.1. The zero-order valence-corrected chi connectivity index (χ0v) is 14.9. The monoisotopic (exact) mass is 396 g/mol. The number of hydrogen-bond acceptors (Lipinski definition) is 3. The van der Waals surface area contributed by atoms with E-state index in [2.05, 4.69) is 4.98 Å². The highest BCUT2D eigenvalue weighted by atomic mass is 35.5. The van der Waals surface area contributed by atoms with E-state index in [1.807, 2.05) is 0 Å². The van der Waals surface area contributed by atoms with Crippen LogP contribution in [-0.2, 0) is 0 Å². The average Bonchev–Trinajstić information content (AvgIpc) is 3.04. The largest absolute Gasteiger partial charge is 0.288 e. The summed E-state index contributed by atoms with van der Waals surface area (Å²) < 4.78 is 28.6. The van der Waals surface area contributed by atoms with E-state index in [4.69, 9.17) is 23.2 Å². The predicted molar refractivity (Wildman–Crippen MR) is 95.1 cm³/mol. The van der Waals surface area contributed by atoms with Crippen LogP contribution in [0.4, 0.5) is 8.78 Å². The van der Waals surface area contributed by atoms with E-state index in [9.17, 15) is 13.6 Å². The van der Waals surface area contributed by atoms with Crippen molar-refractivity contribution in [1.29, 1.82) is 0 Å². The number of imidazole rings is 1. The van der Waals surface area contributed by atoms with Crippen molar-refractivity contribution in [3.63, 3.8) is 0 Å². The maximum absolute atomic E-state index is 13.6. The van der Waals surface area contributed by atoms with Crippen molar-refractivity contribution in [2.45, 2.75) is 6.92 Å². The third-order valence-corrected chi connectivity index (χ3v) is 5.59. The molecule has 2 heterocycles. The Labute approximate surface area is 154 Å². The highest BCUT2D eigenvalue weighted by Crippen LogP contribution is 2.32. The molecule has 0 fully saturated rings. The Morgan fingerprint density at radius 1 is 1.16 bits per heavy atom. The first kappa shape index (κ1) is 16.4. The quantitative estimate of drug-likeness (QED) is 0.408. The number of hydrogen-bond donors (Lipinski definition) is 0. The van der Waals surface area contributed by atoms with Crippen LogP contribution in [0, 0.1) is 18.6 Å². The molecule has 4 aromatic rings. The van der Waals surface area contributed by atoms with Crippen LogP contribution < -0.4 is 0 Å². The van der Waals surface area contributed by atoms with Crippen molar-refractivity contribution in [1.82, 2.24) is 9.38 Å². The first-order valence-electron chi connectivity index (χ1n) is 7.13. The maximum Gasteiger partial charge on any atom is 0.206 e. The van der Waals surface area contributed by atoms with Gasteiger partial charge in [-0.1, -0.05) is 34.5 Å². The molecule has 4 rings (SSSR count). The van der Waals surface area contributed by atoms with Crippen molar-refractivity contribution >= 4 is 56.3 Å². The number of fused-ring (bicyclic) bond motifs is 3. The fourth-order valence-electron chi connectivity index (χ4n) is 2.72. The Morgan fingerprint density at radius 3 is 2.60 bits per heavy atom. The molecule has 126 valence electrons. The number of rotatable bonds is 2. The van der Waals surface area contributed by atoms with Gasteiger partial charge in [0.05, 0.1) is 20.9 Å². The van der Waals surface area contributed by atoms with Crippen molar-refractivity contribution in [2.24, 2.45) is 0 Å². The number of benzene rings is 2. The van der Waals surface area contributed by atoms with Gasteiger partial charge in [0.1, 0.15) is 0 Å². The van der Waals surface area contributed by atoms with Crippen LogP contribution in [0.15, 0.2) is 30.3 Å². The van der Waals surface area contributed by atoms with E-state index in [0.29, 0.717) is 37.2 Å². The molecule has 8 heteroatoms. The minimum Gasteiger partial charge on any atom is -0.288 e. The molecule has 0 radical (unpaired) electrons. The maximum atomic E-state index is 13.6. The number of aryl methyl sites for hydroxylation is 1. The Bertz CT molecular complexity index is 1180. The smallest absolute Gasteiger partial charge is 0.206 e. The minimum atomic E-state index is -0.964. The zero-order valence-electron chi connectivity index (χ0n) is 12.6. The van der Waals surface area contributed by atoms with Crippen molar-refractivity contribution in [3.8, 4) is 0 Å². The normalized spacial score (nSPS) is 11.6. The molecule has 0 aliphatic heterocycles. The lowest BCUT2D eigenvalue weighted by molar-refractivity contribution is 0.104. The molecule has 3 nitrogen and oxygen atoms in total. The lowest BCUT2D eigenvalue weighted by Gasteiger charge is -2.04. The van der Waals surface area contributed by atoms with Gasteiger partial charge in [0.15, 0.2) is 16.6 Å². The van der Waals surface area contributed by atoms with E-state index in [0.717, 1.165) is 23.5 Å². The molecule has 0 amide bonds. The van der Waals surface area contributed by atoms with Crippen LogP contribution in [0.5, 0.6) is 0 Å². The van der Waals surface area contributed by atoms with Crippen LogP contribution in [0.2, 0.25) is 10.0 Å². The third-order valence-electron chi connectivity index (χ3n) is 3.91. The van der Waals surface area contributed by atoms with Gasteiger partial charge >= 0.3 is 0 Å². The molecule has 0 bridgehead atoms. The fraction of sp³-hybridized carbons (Fsp3) is 0.0588. The highest BCUT2D eigenvalue weighted by molar-refractivity contribution is 7.19. The summed E-state index contributed by atoms with van der Waals surface area (Å²) in [6.45, 7) is 1.73. The van der Waals surface area contributed by atoms with Gasteiger partial charge in [-0.15, -0.1) is 0 Å². The Morgan fingerprint density at radius 2 is 1.88 bits per heavy atom. The number of nitrogens with zero attached hydrogens (tertiary/aromatic N) is 2. The van der Waals surface area contributed by atoms with Crippen LogP contribution in [0.25, 0.3) is 16.0 Å². The standard InChI is InChI=1S/C17H8Cl2F2N2OS/c1-7-16(15(24)9-3-2-8(18)4-10(9)19)25-17-22-13-5-11(20)12(21)6-14(13)23(7)17/h2-6H,1H3. The summed E-state index contributed by atoms with van der Waals surface area (Å²) in [4.78, 5) is 18.0. The minimum absolute atomic E-state index is 0.251. The van der Waals surface area contributed by atoms with Crippen LogP contribution >= 0.6 is 34.5 Å². The fourth-order valence-corrected chi connectivity index (χ4v) is 4.31. The molecule has 2 aromatic carbocycles. The van der Waals surface area contributed by atoms with Gasteiger partial charge in [0.25, 0.3) is 0 Å². The lowest BCUT2D eigenvalue weighted by atomic mass is 10.1. The van der Waals surface area contributed by atoms with E-state index in [1.54, 1.807) is 23.5 Å². The molecule has 25 heavy (non-hydrogen) atoms. The number of carbonyl (C=O) groups is 1. The van der Waals surface area contributed by atoms with Gasteiger partial charge in [-0.3, -0.25) is 9.20 Å². The summed E-state index contributed by atoms with van der Waals surface area (Å²) in [7, 11) is 0. The number of carbonyl (C=O) groups excluding carboxylic acids is 1. The molecular formula is C17H8Cl2F2N2OS. The molecule has 0 aliphatic rings. The molecule has 0 aliphatic carbocycles. The van der Waals surface area contributed by atoms with Gasteiger partial charge in [-0.05, 0) is 25.1 Å². The molecule has 0 atom stereocenters. The number of thiazole rings is 1. The first-order valence-corrected chi connectivity index (χ1v) is 8.70. The third kappa shape index (κ3) is 2.52. The summed E-state index contributed by atoms with van der Waals surface area (Å²) in [5.41, 5.74) is 1.64. The molecular weight excluding hydrogens is 389 g/mol. The second kappa shape index (κ2) is 5.76. The summed E-state index contributed by atoms with van der Waals surface area (Å²) in [5, 5.41) is 0.684. The number of ketones is 1. The van der Waals surface area contributed by atoms with Crippen molar-refractivity contribution < 1.29 is 13.6 Å². The van der Waals surface area contributed by atoms with E-state index >= 15 is 0 Å². The van der Waals surface area contributed by atoms with Gasteiger partial charge in [0.2, 0.25) is 5.78 Å². The van der Waals surface area contributed by atoms with Crippen LogP contribution in [0.1, 0.15) is 20.9 Å². The molecule has 0 spiro atoms.